The fourth-order valence-electron chi connectivity index (χ4n) is 3.35. The Morgan fingerprint density at radius 3 is 3.12 bits per heavy atom. The maximum Gasteiger partial charge on any atom is 0.185 e. The Morgan fingerprint density at radius 2 is 2.29 bits per heavy atom. The third kappa shape index (κ3) is 1.71. The van der Waals surface area contributed by atoms with Gasteiger partial charge in [0.15, 0.2) is 5.78 Å². The van der Waals surface area contributed by atoms with E-state index in [4.69, 9.17) is 0 Å². The van der Waals surface area contributed by atoms with Gasteiger partial charge in [-0.15, -0.1) is 0 Å². The van der Waals surface area contributed by atoms with E-state index < -0.39 is 0 Å². The Bertz CT molecular complexity index is 442. The summed E-state index contributed by atoms with van der Waals surface area (Å²) in [6.45, 7) is 4.55. The molecule has 2 heteroatoms. The molecule has 1 unspecified atom stereocenters. The summed E-state index contributed by atoms with van der Waals surface area (Å²) in [5.74, 6) is 0.215. The molecule has 17 heavy (non-hydrogen) atoms. The molecule has 0 amide bonds. The predicted molar refractivity (Wildman–Crippen MR) is 68.8 cm³/mol. The lowest BCUT2D eigenvalue weighted by Crippen LogP contribution is -2.44. The lowest BCUT2D eigenvalue weighted by molar-refractivity contribution is -0.111. The van der Waals surface area contributed by atoms with Crippen molar-refractivity contribution in [2.45, 2.75) is 38.6 Å². The number of carbonyl (C=O) groups is 1. The molecule has 1 atom stereocenters. The summed E-state index contributed by atoms with van der Waals surface area (Å²) in [6.07, 6.45) is 10.5. The van der Waals surface area contributed by atoms with Crippen LogP contribution in [0.5, 0.6) is 0 Å². The van der Waals surface area contributed by atoms with Crippen LogP contribution in [0.4, 0.5) is 0 Å². The summed E-state index contributed by atoms with van der Waals surface area (Å²) < 4.78 is 0. The quantitative estimate of drug-likeness (QED) is 0.725. The number of nitrogens with zero attached hydrogens (tertiary/aromatic N) is 1. The van der Waals surface area contributed by atoms with Crippen LogP contribution >= 0.6 is 0 Å². The zero-order chi connectivity index (χ0) is 11.8. The average Bonchev–Trinajstić information content (AvgIpc) is 2.36. The summed E-state index contributed by atoms with van der Waals surface area (Å²) in [6, 6.07) is 0.507. The van der Waals surface area contributed by atoms with Crippen LogP contribution in [0.2, 0.25) is 0 Å². The molecule has 1 aliphatic heterocycles. The highest BCUT2D eigenvalue weighted by atomic mass is 16.1. The Labute approximate surface area is 103 Å². The lowest BCUT2D eigenvalue weighted by atomic mass is 9.77. The minimum atomic E-state index is 0.215. The van der Waals surface area contributed by atoms with Gasteiger partial charge in [-0.05, 0) is 49.5 Å². The largest absolute Gasteiger partial charge is 0.296 e. The molecule has 3 rings (SSSR count). The Kier molecular flexibility index (Phi) is 2.75. The van der Waals surface area contributed by atoms with Crippen molar-refractivity contribution in [3.63, 3.8) is 0 Å². The zero-order valence-corrected chi connectivity index (χ0v) is 10.4. The van der Waals surface area contributed by atoms with Crippen molar-refractivity contribution >= 4 is 5.78 Å². The molecule has 90 valence electrons. The molecule has 1 heterocycles. The van der Waals surface area contributed by atoms with Gasteiger partial charge in [0, 0.05) is 18.2 Å². The molecule has 3 aliphatic rings. The standard InChI is InChI=1S/C15H19NO/c1-2-9-16-10-8-11-6-7-14(17)12-4-3-5-13(16)15(11)12/h4,6-7,13H,2-3,5,8-10H2,1H3. The molecule has 0 aromatic rings. The second-order valence-corrected chi connectivity index (χ2v) is 5.13. The monoisotopic (exact) mass is 229 g/mol. The van der Waals surface area contributed by atoms with Gasteiger partial charge in [0.05, 0.1) is 0 Å². The van der Waals surface area contributed by atoms with Crippen LogP contribution in [0.3, 0.4) is 0 Å². The van der Waals surface area contributed by atoms with Gasteiger partial charge in [-0.2, -0.15) is 0 Å². The third-order valence-corrected chi connectivity index (χ3v) is 4.08. The smallest absolute Gasteiger partial charge is 0.185 e. The van der Waals surface area contributed by atoms with E-state index in [-0.39, 0.29) is 5.78 Å². The second-order valence-electron chi connectivity index (χ2n) is 5.13. The second kappa shape index (κ2) is 4.26. The Hall–Kier alpha value is -1.15. The first kappa shape index (κ1) is 11.0. The molecule has 2 aliphatic carbocycles. The van der Waals surface area contributed by atoms with Gasteiger partial charge < -0.3 is 0 Å². The molecule has 0 radical (unpaired) electrons. The van der Waals surface area contributed by atoms with Gasteiger partial charge in [-0.1, -0.05) is 19.1 Å². The number of rotatable bonds is 2. The summed E-state index contributed by atoms with van der Waals surface area (Å²) in [4.78, 5) is 14.5. The molecule has 0 aromatic heterocycles. The van der Waals surface area contributed by atoms with Crippen molar-refractivity contribution in [1.82, 2.24) is 4.90 Å². The van der Waals surface area contributed by atoms with E-state index in [2.05, 4.69) is 24.0 Å². The number of ketones is 1. The van der Waals surface area contributed by atoms with Crippen molar-refractivity contribution in [2.24, 2.45) is 0 Å². The zero-order valence-electron chi connectivity index (χ0n) is 10.4. The minimum absolute atomic E-state index is 0.215. The normalized spacial score (nSPS) is 28.2. The van der Waals surface area contributed by atoms with Gasteiger partial charge in [0.25, 0.3) is 0 Å². The number of hydrogen-bond acceptors (Lipinski definition) is 2. The van der Waals surface area contributed by atoms with Crippen LogP contribution in [0.15, 0.2) is 34.9 Å². The fraction of sp³-hybridized carbons (Fsp3) is 0.533. The molecule has 0 saturated carbocycles. The molecule has 0 aromatic carbocycles. The summed E-state index contributed by atoms with van der Waals surface area (Å²) in [5.41, 5.74) is 3.76. The predicted octanol–water partition coefficient (Wildman–Crippen LogP) is 2.63. The summed E-state index contributed by atoms with van der Waals surface area (Å²) in [7, 11) is 0. The van der Waals surface area contributed by atoms with E-state index in [1.807, 2.05) is 0 Å². The van der Waals surface area contributed by atoms with E-state index in [1.165, 1.54) is 24.0 Å². The van der Waals surface area contributed by atoms with Crippen molar-refractivity contribution in [1.29, 1.82) is 0 Å². The average molecular weight is 229 g/mol. The first-order valence-corrected chi connectivity index (χ1v) is 6.71. The van der Waals surface area contributed by atoms with E-state index in [0.29, 0.717) is 6.04 Å². The third-order valence-electron chi connectivity index (χ3n) is 4.08. The van der Waals surface area contributed by atoms with Crippen molar-refractivity contribution in [3.8, 4) is 0 Å². The number of allylic oxidation sites excluding steroid dienone is 3. The highest BCUT2D eigenvalue weighted by Gasteiger charge is 2.35. The van der Waals surface area contributed by atoms with E-state index in [1.54, 1.807) is 6.08 Å². The van der Waals surface area contributed by atoms with Gasteiger partial charge >= 0.3 is 0 Å². The highest BCUT2D eigenvalue weighted by molar-refractivity contribution is 6.09. The molecular weight excluding hydrogens is 210 g/mol. The molecule has 0 spiro atoms. The van der Waals surface area contributed by atoms with Crippen molar-refractivity contribution in [2.75, 3.05) is 13.1 Å². The highest BCUT2D eigenvalue weighted by Crippen LogP contribution is 2.38. The summed E-state index contributed by atoms with van der Waals surface area (Å²) in [5, 5.41) is 0. The van der Waals surface area contributed by atoms with Crippen LogP contribution in [-0.2, 0) is 4.79 Å². The number of hydrogen-bond donors (Lipinski definition) is 0. The fourth-order valence-corrected chi connectivity index (χ4v) is 3.35. The molecule has 0 N–H and O–H groups in total. The molecular formula is C15H19NO. The minimum Gasteiger partial charge on any atom is -0.296 e. The maximum absolute atomic E-state index is 11.9. The number of carbonyl (C=O) groups excluding carboxylic acids is 1. The molecule has 0 saturated heterocycles. The van der Waals surface area contributed by atoms with Crippen molar-refractivity contribution < 1.29 is 4.79 Å². The summed E-state index contributed by atoms with van der Waals surface area (Å²) >= 11 is 0. The van der Waals surface area contributed by atoms with Gasteiger partial charge in [0.1, 0.15) is 0 Å². The Balaban J connectivity index is 2.01. The first-order chi connectivity index (χ1) is 8.31. The van der Waals surface area contributed by atoms with E-state index in [0.717, 1.165) is 31.5 Å². The van der Waals surface area contributed by atoms with Crippen LogP contribution in [0.25, 0.3) is 0 Å². The van der Waals surface area contributed by atoms with Gasteiger partial charge in [0.2, 0.25) is 0 Å². The van der Waals surface area contributed by atoms with Gasteiger partial charge in [-0.25, -0.2) is 0 Å². The maximum atomic E-state index is 11.9. The van der Waals surface area contributed by atoms with Crippen LogP contribution in [0, 0.1) is 0 Å². The van der Waals surface area contributed by atoms with Crippen LogP contribution in [-0.4, -0.2) is 29.8 Å². The van der Waals surface area contributed by atoms with E-state index >= 15 is 0 Å². The van der Waals surface area contributed by atoms with Crippen LogP contribution < -0.4 is 0 Å². The van der Waals surface area contributed by atoms with Gasteiger partial charge in [-0.3, -0.25) is 9.69 Å². The Morgan fingerprint density at radius 1 is 1.41 bits per heavy atom. The molecule has 2 nitrogen and oxygen atoms in total. The first-order valence-electron chi connectivity index (χ1n) is 6.71. The topological polar surface area (TPSA) is 20.3 Å². The van der Waals surface area contributed by atoms with Crippen molar-refractivity contribution in [3.05, 3.63) is 34.9 Å². The molecule has 0 fully saturated rings. The van der Waals surface area contributed by atoms with E-state index in [9.17, 15) is 4.79 Å². The molecule has 0 bridgehead atoms. The van der Waals surface area contributed by atoms with Crippen LogP contribution in [0.1, 0.15) is 32.6 Å². The SMILES string of the molecule is CCCN1CCC2=C3C(=CCCC31)C(=O)C=C2. The lowest BCUT2D eigenvalue weighted by Gasteiger charge is -2.41.